The van der Waals surface area contributed by atoms with E-state index in [9.17, 15) is 14.4 Å². The summed E-state index contributed by atoms with van der Waals surface area (Å²) in [7, 11) is 0. The molecule has 1 aromatic heterocycles. The van der Waals surface area contributed by atoms with Crippen molar-refractivity contribution in [2.75, 3.05) is 26.2 Å². The zero-order chi connectivity index (χ0) is 18.7. The first-order valence-electron chi connectivity index (χ1n) is 9.53. The van der Waals surface area contributed by atoms with Gasteiger partial charge in [-0.3, -0.25) is 19.4 Å². The van der Waals surface area contributed by atoms with E-state index in [0.29, 0.717) is 37.5 Å². The first kappa shape index (κ1) is 18.6. The Kier molecular flexibility index (Phi) is 5.74. The highest BCUT2D eigenvalue weighted by Gasteiger charge is 2.31. The molecule has 3 rings (SSSR count). The van der Waals surface area contributed by atoms with Crippen molar-refractivity contribution in [2.24, 2.45) is 11.8 Å². The van der Waals surface area contributed by atoms with Gasteiger partial charge in [0.05, 0.1) is 6.20 Å². The maximum Gasteiger partial charge on any atom is 0.269 e. The van der Waals surface area contributed by atoms with Crippen LogP contribution in [0.25, 0.3) is 0 Å². The second-order valence-electron chi connectivity index (χ2n) is 7.66. The number of carbonyl (C=O) groups excluding carboxylic acids is 2. The van der Waals surface area contributed by atoms with E-state index in [2.05, 4.69) is 11.9 Å². The molecule has 7 nitrogen and oxygen atoms in total. The smallest absolute Gasteiger partial charge is 0.269 e. The molecular formula is C19H28N4O3. The summed E-state index contributed by atoms with van der Waals surface area (Å²) >= 11 is 0. The first-order chi connectivity index (χ1) is 12.5. The molecule has 2 aliphatic rings. The molecule has 1 unspecified atom stereocenters. The third kappa shape index (κ3) is 4.14. The Labute approximate surface area is 154 Å². The number of hydrogen-bond acceptors (Lipinski definition) is 4. The van der Waals surface area contributed by atoms with Crippen LogP contribution >= 0.6 is 0 Å². The average Bonchev–Trinajstić information content (AvgIpc) is 2.64. The summed E-state index contributed by atoms with van der Waals surface area (Å²) in [6, 6.07) is 0. The molecule has 7 heteroatoms. The van der Waals surface area contributed by atoms with Crippen LogP contribution in [-0.4, -0.2) is 57.3 Å². The van der Waals surface area contributed by atoms with Gasteiger partial charge in [-0.2, -0.15) is 0 Å². The first-order valence-corrected chi connectivity index (χ1v) is 9.53. The highest BCUT2D eigenvalue weighted by molar-refractivity contribution is 5.80. The molecule has 2 amide bonds. The van der Waals surface area contributed by atoms with Gasteiger partial charge in [0.15, 0.2) is 0 Å². The van der Waals surface area contributed by atoms with E-state index in [1.165, 1.54) is 17.2 Å². The Morgan fingerprint density at radius 3 is 2.50 bits per heavy atom. The van der Waals surface area contributed by atoms with Crippen molar-refractivity contribution in [2.45, 2.75) is 46.1 Å². The maximum atomic E-state index is 12.7. The lowest BCUT2D eigenvalue weighted by molar-refractivity contribution is -0.142. The number of piperidine rings is 2. The van der Waals surface area contributed by atoms with Crippen molar-refractivity contribution in [3.63, 3.8) is 0 Å². The fourth-order valence-corrected chi connectivity index (χ4v) is 3.98. The predicted octanol–water partition coefficient (Wildman–Crippen LogP) is 1.05. The summed E-state index contributed by atoms with van der Waals surface area (Å²) < 4.78 is 1.45. The number of rotatable bonds is 3. The lowest BCUT2D eigenvalue weighted by atomic mass is 9.92. The molecule has 0 N–H and O–H groups in total. The quantitative estimate of drug-likeness (QED) is 0.807. The number of aromatic nitrogens is 2. The minimum absolute atomic E-state index is 0.0229. The van der Waals surface area contributed by atoms with Gasteiger partial charge < -0.3 is 14.4 Å². The van der Waals surface area contributed by atoms with Crippen LogP contribution in [0.2, 0.25) is 0 Å². The largest absolute Gasteiger partial charge is 0.342 e. The van der Waals surface area contributed by atoms with E-state index < -0.39 is 0 Å². The van der Waals surface area contributed by atoms with E-state index in [1.54, 1.807) is 18.0 Å². The Hall–Kier alpha value is -2.18. The fourth-order valence-electron chi connectivity index (χ4n) is 3.98. The molecule has 2 aliphatic heterocycles. The van der Waals surface area contributed by atoms with Crippen LogP contribution < -0.4 is 5.56 Å². The Balaban J connectivity index is 1.54. The molecule has 0 spiro atoms. The molecule has 26 heavy (non-hydrogen) atoms. The third-order valence-electron chi connectivity index (χ3n) is 5.60. The van der Waals surface area contributed by atoms with Crippen molar-refractivity contribution in [3.05, 3.63) is 28.4 Å². The van der Waals surface area contributed by atoms with Crippen LogP contribution in [-0.2, 0) is 16.1 Å². The van der Waals surface area contributed by atoms with E-state index in [4.69, 9.17) is 0 Å². The SMILES string of the molecule is Cc1cncc(=O)n1CC(=O)N1CCC(C(=O)N2CCCC(C)C2)CC1. The highest BCUT2D eigenvalue weighted by atomic mass is 16.2. The van der Waals surface area contributed by atoms with Crippen molar-refractivity contribution in [1.82, 2.24) is 19.4 Å². The molecule has 142 valence electrons. The molecule has 1 aromatic rings. The lowest BCUT2D eigenvalue weighted by Crippen LogP contribution is -2.47. The van der Waals surface area contributed by atoms with Gasteiger partial charge in [0.1, 0.15) is 6.54 Å². The Morgan fingerprint density at radius 2 is 1.85 bits per heavy atom. The normalized spacial score (nSPS) is 21.7. The zero-order valence-corrected chi connectivity index (χ0v) is 15.7. The van der Waals surface area contributed by atoms with Gasteiger partial charge >= 0.3 is 0 Å². The summed E-state index contributed by atoms with van der Waals surface area (Å²) in [5.41, 5.74) is 0.415. The van der Waals surface area contributed by atoms with Crippen LogP contribution in [0.4, 0.5) is 0 Å². The van der Waals surface area contributed by atoms with E-state index in [1.807, 2.05) is 4.90 Å². The minimum atomic E-state index is -0.261. The standard InChI is InChI=1S/C19H28N4O3/c1-14-4-3-7-22(12-14)19(26)16-5-8-21(9-6-16)18(25)13-23-15(2)10-20-11-17(23)24/h10-11,14,16H,3-9,12-13H2,1-2H3. The van der Waals surface area contributed by atoms with Crippen LogP contribution in [0.15, 0.2) is 17.2 Å². The molecule has 1 atom stereocenters. The number of carbonyl (C=O) groups is 2. The van der Waals surface area contributed by atoms with Crippen LogP contribution in [0.1, 0.15) is 38.3 Å². The third-order valence-corrected chi connectivity index (χ3v) is 5.60. The number of likely N-dealkylation sites (tertiary alicyclic amines) is 2. The molecule has 0 saturated carbocycles. The van der Waals surface area contributed by atoms with E-state index in [0.717, 1.165) is 19.5 Å². The zero-order valence-electron chi connectivity index (χ0n) is 15.7. The topological polar surface area (TPSA) is 75.5 Å². The molecular weight excluding hydrogens is 332 g/mol. The van der Waals surface area contributed by atoms with Gasteiger partial charge in [-0.1, -0.05) is 6.92 Å². The van der Waals surface area contributed by atoms with Gasteiger partial charge in [0, 0.05) is 44.0 Å². The highest BCUT2D eigenvalue weighted by Crippen LogP contribution is 2.23. The van der Waals surface area contributed by atoms with Gasteiger partial charge in [0.2, 0.25) is 11.8 Å². The lowest BCUT2D eigenvalue weighted by Gasteiger charge is -2.37. The second kappa shape index (κ2) is 8.01. The van der Waals surface area contributed by atoms with Crippen LogP contribution in [0.3, 0.4) is 0 Å². The number of aryl methyl sites for hydroxylation is 1. The fraction of sp³-hybridized carbons (Fsp3) is 0.684. The Morgan fingerprint density at radius 1 is 1.12 bits per heavy atom. The number of amides is 2. The minimum Gasteiger partial charge on any atom is -0.342 e. The summed E-state index contributed by atoms with van der Waals surface area (Å²) in [4.78, 5) is 44.8. The second-order valence-corrected chi connectivity index (χ2v) is 7.66. The number of hydrogen-bond donors (Lipinski definition) is 0. The van der Waals surface area contributed by atoms with E-state index in [-0.39, 0.29) is 29.8 Å². The van der Waals surface area contributed by atoms with Gasteiger partial charge in [-0.05, 0) is 38.5 Å². The summed E-state index contributed by atoms with van der Waals surface area (Å²) in [5.74, 6) is 0.787. The van der Waals surface area contributed by atoms with Crippen molar-refractivity contribution in [3.8, 4) is 0 Å². The van der Waals surface area contributed by atoms with Gasteiger partial charge in [0.25, 0.3) is 5.56 Å². The summed E-state index contributed by atoms with van der Waals surface area (Å²) in [6.45, 7) is 6.90. The molecule has 2 fully saturated rings. The summed E-state index contributed by atoms with van der Waals surface area (Å²) in [6.07, 6.45) is 6.51. The predicted molar refractivity (Wildman–Crippen MR) is 97.5 cm³/mol. The van der Waals surface area contributed by atoms with Gasteiger partial charge in [-0.25, -0.2) is 0 Å². The number of nitrogens with zero attached hydrogens (tertiary/aromatic N) is 4. The maximum absolute atomic E-state index is 12.7. The van der Waals surface area contributed by atoms with Crippen LogP contribution in [0.5, 0.6) is 0 Å². The Bertz CT molecular complexity index is 722. The van der Waals surface area contributed by atoms with Crippen molar-refractivity contribution < 1.29 is 9.59 Å². The molecule has 3 heterocycles. The molecule has 0 aromatic carbocycles. The molecule has 0 bridgehead atoms. The van der Waals surface area contributed by atoms with Crippen LogP contribution in [0, 0.1) is 18.8 Å². The molecule has 2 saturated heterocycles. The molecule has 0 aliphatic carbocycles. The van der Waals surface area contributed by atoms with E-state index >= 15 is 0 Å². The van der Waals surface area contributed by atoms with Crippen molar-refractivity contribution in [1.29, 1.82) is 0 Å². The molecule has 0 radical (unpaired) electrons. The summed E-state index contributed by atoms with van der Waals surface area (Å²) in [5, 5.41) is 0. The van der Waals surface area contributed by atoms with Crippen molar-refractivity contribution >= 4 is 11.8 Å². The average molecular weight is 360 g/mol. The van der Waals surface area contributed by atoms with Gasteiger partial charge in [-0.15, -0.1) is 0 Å². The monoisotopic (exact) mass is 360 g/mol.